The van der Waals surface area contributed by atoms with Crippen molar-refractivity contribution in [2.75, 3.05) is 26.2 Å². The highest BCUT2D eigenvalue weighted by Crippen LogP contribution is 2.24. The number of aromatic nitrogens is 2. The summed E-state index contributed by atoms with van der Waals surface area (Å²) in [6, 6.07) is 3.65. The van der Waals surface area contributed by atoms with Crippen molar-refractivity contribution in [1.29, 1.82) is 0 Å². The Morgan fingerprint density at radius 3 is 2.64 bits per heavy atom. The topological polar surface area (TPSA) is 71.3 Å². The Balaban J connectivity index is 1.54. The zero-order valence-corrected chi connectivity index (χ0v) is 14.8. The van der Waals surface area contributed by atoms with Crippen LogP contribution in [0.3, 0.4) is 0 Å². The van der Waals surface area contributed by atoms with E-state index < -0.39 is 0 Å². The third kappa shape index (κ3) is 4.66. The molecule has 6 heteroatoms. The standard InChI is InChI=1S/C19H26N4O2/c1-15-17(18(22-25-15)16-7-10-20-11-8-16)19(24)21-9-6-14-23-12-4-2-3-5-13-23/h7-8,10-11H,2-6,9,12-14H2,1H3,(H,21,24). The lowest BCUT2D eigenvalue weighted by Gasteiger charge is -2.19. The number of carbonyl (C=O) groups is 1. The summed E-state index contributed by atoms with van der Waals surface area (Å²) in [6.45, 7) is 5.84. The highest BCUT2D eigenvalue weighted by atomic mass is 16.5. The van der Waals surface area contributed by atoms with Gasteiger partial charge in [0, 0.05) is 24.5 Å². The van der Waals surface area contributed by atoms with Gasteiger partial charge in [0.15, 0.2) is 0 Å². The molecule has 1 aliphatic heterocycles. The fourth-order valence-electron chi connectivity index (χ4n) is 3.30. The van der Waals surface area contributed by atoms with Gasteiger partial charge in [0.25, 0.3) is 5.91 Å². The van der Waals surface area contributed by atoms with E-state index in [1.807, 2.05) is 12.1 Å². The van der Waals surface area contributed by atoms with Gasteiger partial charge in [0.2, 0.25) is 0 Å². The van der Waals surface area contributed by atoms with E-state index in [-0.39, 0.29) is 5.91 Å². The molecular weight excluding hydrogens is 316 g/mol. The van der Waals surface area contributed by atoms with Crippen molar-refractivity contribution >= 4 is 5.91 Å². The fraction of sp³-hybridized carbons (Fsp3) is 0.526. The van der Waals surface area contributed by atoms with E-state index in [0.29, 0.717) is 23.6 Å². The van der Waals surface area contributed by atoms with Crippen LogP contribution < -0.4 is 5.32 Å². The quantitative estimate of drug-likeness (QED) is 0.817. The number of aryl methyl sites for hydroxylation is 1. The molecule has 3 rings (SSSR count). The van der Waals surface area contributed by atoms with E-state index >= 15 is 0 Å². The van der Waals surface area contributed by atoms with Crippen molar-refractivity contribution in [2.45, 2.75) is 39.0 Å². The normalized spacial score (nSPS) is 15.7. The molecule has 0 saturated carbocycles. The molecule has 1 aliphatic rings. The van der Waals surface area contributed by atoms with Crippen LogP contribution in [0.2, 0.25) is 0 Å². The number of likely N-dealkylation sites (tertiary alicyclic amines) is 1. The first kappa shape index (κ1) is 17.6. The Labute approximate surface area is 148 Å². The molecule has 0 unspecified atom stereocenters. The molecule has 134 valence electrons. The van der Waals surface area contributed by atoms with Gasteiger partial charge in [-0.05, 0) is 58.0 Å². The smallest absolute Gasteiger partial charge is 0.257 e. The van der Waals surface area contributed by atoms with Crippen LogP contribution in [0, 0.1) is 6.92 Å². The molecule has 6 nitrogen and oxygen atoms in total. The third-order valence-corrected chi connectivity index (χ3v) is 4.68. The minimum absolute atomic E-state index is 0.124. The summed E-state index contributed by atoms with van der Waals surface area (Å²) in [5, 5.41) is 7.06. The summed E-state index contributed by atoms with van der Waals surface area (Å²) in [4.78, 5) is 19.1. The van der Waals surface area contributed by atoms with E-state index in [0.717, 1.165) is 18.5 Å². The Morgan fingerprint density at radius 1 is 1.20 bits per heavy atom. The number of hydrogen-bond donors (Lipinski definition) is 1. The Morgan fingerprint density at radius 2 is 1.92 bits per heavy atom. The third-order valence-electron chi connectivity index (χ3n) is 4.68. The average Bonchev–Trinajstić information content (AvgIpc) is 2.84. The van der Waals surface area contributed by atoms with Crippen molar-refractivity contribution in [3.8, 4) is 11.3 Å². The summed E-state index contributed by atoms with van der Waals surface area (Å²) < 4.78 is 5.25. The lowest BCUT2D eigenvalue weighted by molar-refractivity contribution is 0.0950. The van der Waals surface area contributed by atoms with Gasteiger partial charge in [-0.25, -0.2) is 0 Å². The summed E-state index contributed by atoms with van der Waals surface area (Å²) in [5.74, 6) is 0.415. The maximum atomic E-state index is 12.6. The van der Waals surface area contributed by atoms with Crippen LogP contribution in [0.15, 0.2) is 29.0 Å². The summed E-state index contributed by atoms with van der Waals surface area (Å²) in [7, 11) is 0. The molecule has 25 heavy (non-hydrogen) atoms. The fourth-order valence-corrected chi connectivity index (χ4v) is 3.30. The van der Waals surface area contributed by atoms with Crippen LogP contribution in [0.25, 0.3) is 11.3 Å². The van der Waals surface area contributed by atoms with Gasteiger partial charge in [0.05, 0.1) is 0 Å². The van der Waals surface area contributed by atoms with Crippen LogP contribution >= 0.6 is 0 Å². The molecule has 0 spiro atoms. The molecule has 0 aromatic carbocycles. The number of pyridine rings is 1. The van der Waals surface area contributed by atoms with Crippen molar-refractivity contribution < 1.29 is 9.32 Å². The second-order valence-corrected chi connectivity index (χ2v) is 6.56. The molecule has 2 aromatic rings. The molecule has 1 fully saturated rings. The van der Waals surface area contributed by atoms with Crippen molar-refractivity contribution in [3.63, 3.8) is 0 Å². The summed E-state index contributed by atoms with van der Waals surface area (Å²) in [5.41, 5.74) is 1.92. The van der Waals surface area contributed by atoms with Crippen LogP contribution in [-0.2, 0) is 0 Å². The zero-order valence-electron chi connectivity index (χ0n) is 14.8. The van der Waals surface area contributed by atoms with Crippen molar-refractivity contribution in [2.24, 2.45) is 0 Å². The molecule has 0 atom stereocenters. The first-order valence-electron chi connectivity index (χ1n) is 9.13. The van der Waals surface area contributed by atoms with Gasteiger partial charge < -0.3 is 14.7 Å². The van der Waals surface area contributed by atoms with Gasteiger partial charge in [0.1, 0.15) is 17.0 Å². The van der Waals surface area contributed by atoms with Crippen LogP contribution in [0.1, 0.15) is 48.2 Å². The van der Waals surface area contributed by atoms with Gasteiger partial charge >= 0.3 is 0 Å². The van der Waals surface area contributed by atoms with Gasteiger partial charge in [-0.3, -0.25) is 9.78 Å². The van der Waals surface area contributed by atoms with E-state index in [1.54, 1.807) is 19.3 Å². The SMILES string of the molecule is Cc1onc(-c2ccncc2)c1C(=O)NCCCN1CCCCCC1. The molecular formula is C19H26N4O2. The minimum atomic E-state index is -0.124. The number of hydrogen-bond acceptors (Lipinski definition) is 5. The average molecular weight is 342 g/mol. The predicted molar refractivity (Wildman–Crippen MR) is 96.3 cm³/mol. The summed E-state index contributed by atoms with van der Waals surface area (Å²) >= 11 is 0. The monoisotopic (exact) mass is 342 g/mol. The van der Waals surface area contributed by atoms with E-state index in [1.165, 1.54) is 38.8 Å². The summed E-state index contributed by atoms with van der Waals surface area (Å²) in [6.07, 6.45) is 9.60. The highest BCUT2D eigenvalue weighted by molar-refractivity contribution is 6.00. The van der Waals surface area contributed by atoms with Gasteiger partial charge in [-0.15, -0.1) is 0 Å². The van der Waals surface area contributed by atoms with Gasteiger partial charge in [-0.2, -0.15) is 0 Å². The van der Waals surface area contributed by atoms with Crippen LogP contribution in [0.5, 0.6) is 0 Å². The maximum Gasteiger partial charge on any atom is 0.257 e. The second-order valence-electron chi connectivity index (χ2n) is 6.56. The first-order valence-corrected chi connectivity index (χ1v) is 9.13. The van der Waals surface area contributed by atoms with Crippen molar-refractivity contribution in [1.82, 2.24) is 20.4 Å². The number of rotatable bonds is 6. The molecule has 1 amide bonds. The van der Waals surface area contributed by atoms with E-state index in [9.17, 15) is 4.79 Å². The van der Waals surface area contributed by atoms with Gasteiger partial charge in [-0.1, -0.05) is 18.0 Å². The molecule has 2 aromatic heterocycles. The molecule has 1 saturated heterocycles. The van der Waals surface area contributed by atoms with Crippen LogP contribution in [-0.4, -0.2) is 47.1 Å². The number of amides is 1. The van der Waals surface area contributed by atoms with E-state index in [4.69, 9.17) is 4.52 Å². The Kier molecular flexibility index (Phi) is 6.17. The number of carbonyl (C=O) groups excluding carboxylic acids is 1. The molecule has 1 N–H and O–H groups in total. The minimum Gasteiger partial charge on any atom is -0.360 e. The molecule has 0 bridgehead atoms. The molecule has 3 heterocycles. The Hall–Kier alpha value is -2.21. The second kappa shape index (κ2) is 8.76. The van der Waals surface area contributed by atoms with E-state index in [2.05, 4.69) is 20.4 Å². The Bertz CT molecular complexity index is 676. The predicted octanol–water partition coefficient (Wildman–Crippen LogP) is 3.04. The number of nitrogens with zero attached hydrogens (tertiary/aromatic N) is 3. The number of nitrogens with one attached hydrogen (secondary N) is 1. The van der Waals surface area contributed by atoms with Crippen LogP contribution in [0.4, 0.5) is 0 Å². The molecule has 0 aliphatic carbocycles. The molecule has 0 radical (unpaired) electrons. The first-order chi connectivity index (χ1) is 12.3. The van der Waals surface area contributed by atoms with Crippen molar-refractivity contribution in [3.05, 3.63) is 35.9 Å². The lowest BCUT2D eigenvalue weighted by atomic mass is 10.1. The lowest BCUT2D eigenvalue weighted by Crippen LogP contribution is -2.31. The largest absolute Gasteiger partial charge is 0.360 e. The zero-order chi connectivity index (χ0) is 17.5. The highest BCUT2D eigenvalue weighted by Gasteiger charge is 2.21. The maximum absolute atomic E-state index is 12.6.